The fourth-order valence-corrected chi connectivity index (χ4v) is 2.04. The maximum absolute atomic E-state index is 11.6. The highest BCUT2D eigenvalue weighted by molar-refractivity contribution is 5.92. The van der Waals surface area contributed by atoms with Crippen molar-refractivity contribution in [2.24, 2.45) is 0 Å². The number of hydrogen-bond acceptors (Lipinski definition) is 5. The molecule has 0 fully saturated rings. The Morgan fingerprint density at radius 1 is 1.26 bits per heavy atom. The number of nitrogens with zero attached hydrogens (tertiary/aromatic N) is 1. The van der Waals surface area contributed by atoms with Gasteiger partial charge in [-0.25, -0.2) is 0 Å². The highest BCUT2D eigenvalue weighted by atomic mass is 16.5. The molecule has 0 saturated heterocycles. The number of ether oxygens (including phenoxy) is 3. The second-order valence-corrected chi connectivity index (χ2v) is 3.94. The second kappa shape index (κ2) is 5.56. The summed E-state index contributed by atoms with van der Waals surface area (Å²) in [7, 11) is 4.46. The Hall–Kier alpha value is -2.30. The van der Waals surface area contributed by atoms with E-state index in [2.05, 4.69) is 4.98 Å². The number of methoxy groups -OCH3 is 3. The summed E-state index contributed by atoms with van der Waals surface area (Å²) in [5.41, 5.74) is 0.742. The van der Waals surface area contributed by atoms with Crippen LogP contribution in [-0.2, 0) is 16.0 Å². The summed E-state index contributed by atoms with van der Waals surface area (Å²) < 4.78 is 15.4. The first kappa shape index (κ1) is 13.1. The Morgan fingerprint density at radius 2 is 2.05 bits per heavy atom. The minimum absolute atomic E-state index is 0.122. The van der Waals surface area contributed by atoms with Crippen LogP contribution in [0, 0.1) is 0 Å². The van der Waals surface area contributed by atoms with E-state index in [0.717, 1.165) is 16.3 Å². The monoisotopic (exact) mass is 261 g/mol. The van der Waals surface area contributed by atoms with Crippen LogP contribution in [-0.4, -0.2) is 32.3 Å². The first-order valence-electron chi connectivity index (χ1n) is 5.75. The van der Waals surface area contributed by atoms with Gasteiger partial charge in [0.2, 0.25) is 0 Å². The molecule has 0 unspecified atom stereocenters. The van der Waals surface area contributed by atoms with E-state index in [1.807, 2.05) is 12.1 Å². The van der Waals surface area contributed by atoms with Crippen LogP contribution in [0.3, 0.4) is 0 Å². The maximum Gasteiger partial charge on any atom is 0.310 e. The second-order valence-electron chi connectivity index (χ2n) is 3.94. The van der Waals surface area contributed by atoms with Gasteiger partial charge in [0.15, 0.2) is 11.5 Å². The minimum atomic E-state index is -0.329. The van der Waals surface area contributed by atoms with Crippen LogP contribution in [0.2, 0.25) is 0 Å². The van der Waals surface area contributed by atoms with E-state index >= 15 is 0 Å². The summed E-state index contributed by atoms with van der Waals surface area (Å²) in [6, 6.07) is 3.68. The van der Waals surface area contributed by atoms with Crippen LogP contribution in [0.5, 0.6) is 11.5 Å². The summed E-state index contributed by atoms with van der Waals surface area (Å²) in [4.78, 5) is 15.6. The lowest BCUT2D eigenvalue weighted by atomic mass is 10.0. The summed E-state index contributed by atoms with van der Waals surface area (Å²) >= 11 is 0. The lowest BCUT2D eigenvalue weighted by Gasteiger charge is -2.15. The molecule has 1 aromatic carbocycles. The van der Waals surface area contributed by atoms with Crippen molar-refractivity contribution < 1.29 is 19.0 Å². The Labute approximate surface area is 111 Å². The van der Waals surface area contributed by atoms with Gasteiger partial charge < -0.3 is 14.2 Å². The van der Waals surface area contributed by atoms with Crippen LogP contribution in [0.1, 0.15) is 5.56 Å². The fourth-order valence-electron chi connectivity index (χ4n) is 2.04. The average Bonchev–Trinajstić information content (AvgIpc) is 2.46. The molecule has 5 heteroatoms. The van der Waals surface area contributed by atoms with Gasteiger partial charge in [-0.3, -0.25) is 9.78 Å². The van der Waals surface area contributed by atoms with Gasteiger partial charge in [0, 0.05) is 23.3 Å². The predicted molar refractivity (Wildman–Crippen MR) is 70.6 cm³/mol. The molecule has 0 radical (unpaired) electrons. The van der Waals surface area contributed by atoms with E-state index in [0.29, 0.717) is 11.5 Å². The first-order valence-corrected chi connectivity index (χ1v) is 5.75. The predicted octanol–water partition coefficient (Wildman–Crippen LogP) is 1.97. The molecule has 0 bridgehead atoms. The highest BCUT2D eigenvalue weighted by Crippen LogP contribution is 2.37. The number of carbonyl (C=O) groups is 1. The summed E-state index contributed by atoms with van der Waals surface area (Å²) in [6.07, 6.45) is 3.52. The molecule has 0 atom stereocenters. The number of aromatic nitrogens is 1. The maximum atomic E-state index is 11.6. The molecule has 1 aromatic heterocycles. The quantitative estimate of drug-likeness (QED) is 0.787. The number of benzene rings is 1. The summed E-state index contributed by atoms with van der Waals surface area (Å²) in [5, 5.41) is 1.79. The van der Waals surface area contributed by atoms with Crippen LogP contribution >= 0.6 is 0 Å². The molecular formula is C14H15NO4. The van der Waals surface area contributed by atoms with Gasteiger partial charge in [-0.05, 0) is 17.5 Å². The Kier molecular flexibility index (Phi) is 3.85. The Balaban J connectivity index is 2.70. The zero-order valence-corrected chi connectivity index (χ0v) is 11.1. The molecule has 2 rings (SSSR count). The zero-order valence-electron chi connectivity index (χ0n) is 11.1. The van der Waals surface area contributed by atoms with Crippen molar-refractivity contribution in [3.8, 4) is 11.5 Å². The number of esters is 1. The van der Waals surface area contributed by atoms with Crippen molar-refractivity contribution in [1.82, 2.24) is 4.98 Å². The molecule has 19 heavy (non-hydrogen) atoms. The van der Waals surface area contributed by atoms with Crippen molar-refractivity contribution in [3.63, 3.8) is 0 Å². The normalized spacial score (nSPS) is 10.3. The minimum Gasteiger partial charge on any atom is -0.493 e. The Morgan fingerprint density at radius 3 is 2.68 bits per heavy atom. The summed E-state index contributed by atoms with van der Waals surface area (Å²) in [5.74, 6) is 0.790. The molecule has 1 heterocycles. The van der Waals surface area contributed by atoms with Crippen LogP contribution in [0.15, 0.2) is 24.5 Å². The fraction of sp³-hybridized carbons (Fsp3) is 0.286. The molecule has 2 aromatic rings. The average molecular weight is 261 g/mol. The van der Waals surface area contributed by atoms with Crippen molar-refractivity contribution in [3.05, 3.63) is 30.1 Å². The van der Waals surface area contributed by atoms with Crippen LogP contribution in [0.25, 0.3) is 10.8 Å². The van der Waals surface area contributed by atoms with Gasteiger partial charge in [-0.15, -0.1) is 0 Å². The highest BCUT2D eigenvalue weighted by Gasteiger charge is 2.17. The molecule has 0 saturated carbocycles. The molecule has 5 nitrogen and oxygen atoms in total. The van der Waals surface area contributed by atoms with E-state index in [1.165, 1.54) is 7.11 Å². The van der Waals surface area contributed by atoms with Gasteiger partial charge in [0.25, 0.3) is 0 Å². The molecule has 0 aliphatic heterocycles. The van der Waals surface area contributed by atoms with Gasteiger partial charge in [-0.1, -0.05) is 0 Å². The van der Waals surface area contributed by atoms with E-state index in [-0.39, 0.29) is 12.4 Å². The lowest BCUT2D eigenvalue weighted by Crippen LogP contribution is -2.07. The largest absolute Gasteiger partial charge is 0.493 e. The molecule has 100 valence electrons. The standard InChI is InChI=1S/C14H15NO4/c1-17-12-6-9-8-15-5-4-10(9)11(14(12)19-3)7-13(16)18-2/h4-6,8H,7H2,1-3H3. The van der Waals surface area contributed by atoms with E-state index in [1.54, 1.807) is 26.6 Å². The van der Waals surface area contributed by atoms with Crippen LogP contribution in [0.4, 0.5) is 0 Å². The third-order valence-electron chi connectivity index (χ3n) is 2.93. The number of hydrogen-bond donors (Lipinski definition) is 0. The molecule has 0 amide bonds. The lowest BCUT2D eigenvalue weighted by molar-refractivity contribution is -0.139. The van der Waals surface area contributed by atoms with Gasteiger partial charge in [-0.2, -0.15) is 0 Å². The van der Waals surface area contributed by atoms with E-state index < -0.39 is 0 Å². The number of pyridine rings is 1. The number of carbonyl (C=O) groups excluding carboxylic acids is 1. The van der Waals surface area contributed by atoms with Gasteiger partial charge in [0.05, 0.1) is 27.8 Å². The molecular weight excluding hydrogens is 246 g/mol. The van der Waals surface area contributed by atoms with Crippen LogP contribution < -0.4 is 9.47 Å². The third-order valence-corrected chi connectivity index (χ3v) is 2.93. The smallest absolute Gasteiger partial charge is 0.310 e. The molecule has 0 N–H and O–H groups in total. The molecule has 0 aliphatic carbocycles. The Bertz CT molecular complexity index is 610. The molecule has 0 spiro atoms. The van der Waals surface area contributed by atoms with Gasteiger partial charge >= 0.3 is 5.97 Å². The van der Waals surface area contributed by atoms with Crippen molar-refractivity contribution >= 4 is 16.7 Å². The van der Waals surface area contributed by atoms with Crippen molar-refractivity contribution in [1.29, 1.82) is 0 Å². The van der Waals surface area contributed by atoms with E-state index in [4.69, 9.17) is 14.2 Å². The number of fused-ring (bicyclic) bond motifs is 1. The summed E-state index contributed by atoms with van der Waals surface area (Å²) in [6.45, 7) is 0. The van der Waals surface area contributed by atoms with E-state index in [9.17, 15) is 4.79 Å². The first-order chi connectivity index (χ1) is 9.21. The zero-order chi connectivity index (χ0) is 13.8. The van der Waals surface area contributed by atoms with Crippen molar-refractivity contribution in [2.75, 3.05) is 21.3 Å². The third kappa shape index (κ3) is 2.45. The SMILES string of the molecule is COC(=O)Cc1c(OC)c(OC)cc2cnccc12. The van der Waals surface area contributed by atoms with Crippen molar-refractivity contribution in [2.45, 2.75) is 6.42 Å². The number of rotatable bonds is 4. The van der Waals surface area contributed by atoms with Gasteiger partial charge in [0.1, 0.15) is 0 Å². The molecule has 0 aliphatic rings. The topological polar surface area (TPSA) is 57.7 Å².